The quantitative estimate of drug-likeness (QED) is 0.788. The molecule has 2 aliphatic carbocycles. The van der Waals surface area contributed by atoms with Crippen LogP contribution in [-0.4, -0.2) is 37.8 Å². The van der Waals surface area contributed by atoms with Crippen molar-refractivity contribution in [2.45, 2.75) is 63.8 Å². The highest BCUT2D eigenvalue weighted by Crippen LogP contribution is 2.49. The smallest absolute Gasteiger partial charge is 0.251 e. The van der Waals surface area contributed by atoms with Crippen molar-refractivity contribution in [1.29, 1.82) is 0 Å². The minimum Gasteiger partial charge on any atom is -0.349 e. The average molecular weight is 419 g/mol. The molecule has 1 aliphatic heterocycles. The van der Waals surface area contributed by atoms with Crippen molar-refractivity contribution < 1.29 is 13.2 Å². The van der Waals surface area contributed by atoms with E-state index in [4.69, 9.17) is 0 Å². The van der Waals surface area contributed by atoms with Crippen LogP contribution in [0, 0.1) is 29.6 Å². The van der Waals surface area contributed by atoms with Crippen LogP contribution in [0.15, 0.2) is 29.2 Å². The highest BCUT2D eigenvalue weighted by molar-refractivity contribution is 7.89. The summed E-state index contributed by atoms with van der Waals surface area (Å²) >= 11 is 0. The van der Waals surface area contributed by atoms with Crippen LogP contribution in [0.2, 0.25) is 0 Å². The Morgan fingerprint density at radius 2 is 1.83 bits per heavy atom. The largest absolute Gasteiger partial charge is 0.349 e. The minimum atomic E-state index is -3.58. The van der Waals surface area contributed by atoms with Gasteiger partial charge in [-0.2, -0.15) is 4.31 Å². The van der Waals surface area contributed by atoms with Gasteiger partial charge in [-0.15, -0.1) is 0 Å². The number of piperidine rings is 1. The molecule has 1 saturated heterocycles. The van der Waals surface area contributed by atoms with Gasteiger partial charge in [-0.1, -0.05) is 26.3 Å². The van der Waals surface area contributed by atoms with E-state index in [1.807, 2.05) is 0 Å². The molecule has 3 fully saturated rings. The molecule has 3 aliphatic rings. The Hall–Kier alpha value is -1.40. The molecule has 2 bridgehead atoms. The number of carbonyl (C=O) groups is 1. The molecule has 1 aromatic rings. The molecular formula is C23H34N2O3S. The van der Waals surface area contributed by atoms with Crippen LogP contribution >= 0.6 is 0 Å². The Morgan fingerprint density at radius 1 is 1.10 bits per heavy atom. The number of nitrogens with one attached hydrogen (secondary N) is 1. The third kappa shape index (κ3) is 4.24. The monoisotopic (exact) mass is 418 g/mol. The molecular weight excluding hydrogens is 384 g/mol. The first-order valence-electron chi connectivity index (χ1n) is 11.1. The number of sulfonamides is 1. The van der Waals surface area contributed by atoms with Gasteiger partial charge in [0.1, 0.15) is 0 Å². The first-order chi connectivity index (χ1) is 13.7. The van der Waals surface area contributed by atoms with E-state index in [1.165, 1.54) is 25.7 Å². The minimum absolute atomic E-state index is 0.127. The fourth-order valence-electron chi connectivity index (χ4n) is 6.05. The molecule has 0 spiro atoms. The number of carbonyl (C=O) groups excluding carboxylic acids is 1. The van der Waals surface area contributed by atoms with Crippen molar-refractivity contribution in [3.05, 3.63) is 29.8 Å². The second-order valence-corrected chi connectivity index (χ2v) is 11.8. The van der Waals surface area contributed by atoms with Crippen molar-refractivity contribution in [2.24, 2.45) is 29.6 Å². The lowest BCUT2D eigenvalue weighted by molar-refractivity contribution is 0.0915. The lowest BCUT2D eigenvalue weighted by Crippen LogP contribution is -2.42. The fourth-order valence-corrected chi connectivity index (χ4v) is 7.78. The van der Waals surface area contributed by atoms with Crippen LogP contribution < -0.4 is 5.32 Å². The molecule has 2 saturated carbocycles. The molecule has 0 aromatic heterocycles. The van der Waals surface area contributed by atoms with Crippen LogP contribution in [0.3, 0.4) is 0 Å². The van der Waals surface area contributed by atoms with Gasteiger partial charge in [0, 0.05) is 24.7 Å². The van der Waals surface area contributed by atoms with E-state index in [9.17, 15) is 13.2 Å². The van der Waals surface area contributed by atoms with Gasteiger partial charge in [-0.3, -0.25) is 4.79 Å². The molecule has 0 unspecified atom stereocenters. The van der Waals surface area contributed by atoms with Gasteiger partial charge in [-0.25, -0.2) is 8.42 Å². The van der Waals surface area contributed by atoms with Gasteiger partial charge in [0.2, 0.25) is 10.0 Å². The number of hydrogen-bond acceptors (Lipinski definition) is 3. The Kier molecular flexibility index (Phi) is 5.77. The molecule has 6 atom stereocenters. The van der Waals surface area contributed by atoms with Crippen LogP contribution in [0.25, 0.3) is 0 Å². The van der Waals surface area contributed by atoms with Crippen LogP contribution in [-0.2, 0) is 10.0 Å². The summed E-state index contributed by atoms with van der Waals surface area (Å²) in [7, 11) is -3.58. The van der Waals surface area contributed by atoms with E-state index >= 15 is 0 Å². The van der Waals surface area contributed by atoms with Crippen molar-refractivity contribution in [3.8, 4) is 0 Å². The lowest BCUT2D eigenvalue weighted by Gasteiger charge is -2.34. The first kappa shape index (κ1) is 20.9. The van der Waals surface area contributed by atoms with Crippen molar-refractivity contribution in [3.63, 3.8) is 0 Å². The fraction of sp³-hybridized carbons (Fsp3) is 0.696. The number of fused-ring (bicyclic) bond motifs is 2. The van der Waals surface area contributed by atoms with E-state index in [2.05, 4.69) is 26.1 Å². The van der Waals surface area contributed by atoms with Gasteiger partial charge in [0.05, 0.1) is 4.90 Å². The zero-order valence-electron chi connectivity index (χ0n) is 17.8. The molecule has 160 valence electrons. The summed E-state index contributed by atoms with van der Waals surface area (Å²) in [4.78, 5) is 13.1. The highest BCUT2D eigenvalue weighted by atomic mass is 32.2. The SMILES string of the molecule is C[C@@H]1C[C@H](C)CN(S(=O)(=O)c2cccc(C(=O)N[C@@H](C)[C@@H]3C[C@H]4CC[C@H]3C4)c2)C1. The number of nitrogens with zero attached hydrogens (tertiary/aromatic N) is 1. The second kappa shape index (κ2) is 8.03. The molecule has 1 amide bonds. The van der Waals surface area contributed by atoms with Gasteiger partial charge in [-0.05, 0) is 80.4 Å². The van der Waals surface area contributed by atoms with Crippen molar-refractivity contribution in [2.75, 3.05) is 13.1 Å². The van der Waals surface area contributed by atoms with Gasteiger partial charge in [0.25, 0.3) is 5.91 Å². The van der Waals surface area contributed by atoms with E-state index in [1.54, 1.807) is 28.6 Å². The van der Waals surface area contributed by atoms with Crippen molar-refractivity contribution >= 4 is 15.9 Å². The summed E-state index contributed by atoms with van der Waals surface area (Å²) in [5.41, 5.74) is 0.430. The number of hydrogen-bond donors (Lipinski definition) is 1. The summed E-state index contributed by atoms with van der Waals surface area (Å²) in [6.45, 7) is 7.38. The molecule has 5 nitrogen and oxygen atoms in total. The number of benzene rings is 1. The maximum Gasteiger partial charge on any atom is 0.251 e. The first-order valence-corrected chi connectivity index (χ1v) is 12.6. The van der Waals surface area contributed by atoms with Crippen molar-refractivity contribution in [1.82, 2.24) is 9.62 Å². The predicted octanol–water partition coefficient (Wildman–Crippen LogP) is 3.91. The highest BCUT2D eigenvalue weighted by Gasteiger charge is 2.42. The number of amides is 1. The third-order valence-electron chi connectivity index (χ3n) is 7.36. The zero-order chi connectivity index (χ0) is 20.8. The second-order valence-electron chi connectivity index (χ2n) is 9.90. The molecule has 1 aromatic carbocycles. The van der Waals surface area contributed by atoms with Gasteiger partial charge in [0.15, 0.2) is 0 Å². The maximum absolute atomic E-state index is 13.2. The third-order valence-corrected chi connectivity index (χ3v) is 9.19. The van der Waals surface area contributed by atoms with Gasteiger partial charge < -0.3 is 5.32 Å². The van der Waals surface area contributed by atoms with Crippen LogP contribution in [0.5, 0.6) is 0 Å². The average Bonchev–Trinajstić information content (AvgIpc) is 3.31. The number of rotatable bonds is 5. The summed E-state index contributed by atoms with van der Waals surface area (Å²) in [6.07, 6.45) is 6.21. The predicted molar refractivity (Wildman–Crippen MR) is 114 cm³/mol. The molecule has 29 heavy (non-hydrogen) atoms. The molecule has 4 rings (SSSR count). The standard InChI is InChI=1S/C23H34N2O3S/c1-15-9-16(2)14-25(13-15)29(27,28)21-6-4-5-20(12-21)23(26)24-17(3)22-11-18-7-8-19(22)10-18/h4-6,12,15-19,22H,7-11,13-14H2,1-3H3,(H,24,26)/t15-,16+,17-,18-,19-,22-/m0/s1. The molecule has 0 radical (unpaired) electrons. The van der Waals surface area contributed by atoms with E-state index < -0.39 is 10.0 Å². The molecule has 1 N–H and O–H groups in total. The molecule has 6 heteroatoms. The summed E-state index contributed by atoms with van der Waals surface area (Å²) in [5.74, 6) is 2.67. The summed E-state index contributed by atoms with van der Waals surface area (Å²) in [5, 5.41) is 3.15. The maximum atomic E-state index is 13.2. The topological polar surface area (TPSA) is 66.5 Å². The van der Waals surface area contributed by atoms with E-state index in [-0.39, 0.29) is 16.8 Å². The Bertz CT molecular complexity index is 859. The van der Waals surface area contributed by atoms with E-state index in [0.717, 1.165) is 18.3 Å². The van der Waals surface area contributed by atoms with Crippen LogP contribution in [0.1, 0.15) is 63.2 Å². The lowest BCUT2D eigenvalue weighted by atomic mass is 9.84. The molecule has 1 heterocycles. The Labute approximate surface area is 175 Å². The Balaban J connectivity index is 1.47. The van der Waals surface area contributed by atoms with Gasteiger partial charge >= 0.3 is 0 Å². The summed E-state index contributed by atoms with van der Waals surface area (Å²) in [6, 6.07) is 6.67. The van der Waals surface area contributed by atoms with Crippen LogP contribution in [0.4, 0.5) is 0 Å². The normalized spacial score (nSPS) is 33.6. The van der Waals surface area contributed by atoms with E-state index in [0.29, 0.717) is 36.4 Å². The zero-order valence-corrected chi connectivity index (χ0v) is 18.6. The Morgan fingerprint density at radius 3 is 2.45 bits per heavy atom. The summed E-state index contributed by atoms with van der Waals surface area (Å²) < 4.78 is 27.9.